The van der Waals surface area contributed by atoms with Crippen LogP contribution in [0.1, 0.15) is 17.5 Å². The third-order valence-corrected chi connectivity index (χ3v) is 6.99. The summed E-state index contributed by atoms with van der Waals surface area (Å²) in [7, 11) is 0. The maximum absolute atomic E-state index is 14.4. The Bertz CT molecular complexity index is 1350. The number of alkyl halides is 13. The standard InChI is InChI=1S/C24H17F13N2S/c1-2-14-7-9-15(10-8-14)13-40-18-38-16-5-3-4-6-17(16)39(18)12-11-19(25,26)20(27,28)21(29,30)22(31,32)23(33,34)24(35,36)37/h2-10H,1,11-13H2/p+1. The van der Waals surface area contributed by atoms with Gasteiger partial charge in [-0.05, 0) is 35.0 Å². The Morgan fingerprint density at radius 3 is 1.82 bits per heavy atom. The van der Waals surface area contributed by atoms with Crippen molar-refractivity contribution in [2.45, 2.75) is 59.7 Å². The summed E-state index contributed by atoms with van der Waals surface area (Å²) in [5, 5.41) is 0.0498. The average Bonchev–Trinajstić information content (AvgIpc) is 3.22. The summed E-state index contributed by atoms with van der Waals surface area (Å²) in [5.41, 5.74) is 1.88. The quantitative estimate of drug-likeness (QED) is 0.131. The van der Waals surface area contributed by atoms with E-state index in [1.807, 2.05) is 0 Å². The molecule has 16 heteroatoms. The molecule has 1 aromatic heterocycles. The van der Waals surface area contributed by atoms with Crippen molar-refractivity contribution in [1.29, 1.82) is 0 Å². The molecule has 0 aliphatic rings. The number of rotatable bonds is 11. The van der Waals surface area contributed by atoms with Gasteiger partial charge in [0.2, 0.25) is 0 Å². The summed E-state index contributed by atoms with van der Waals surface area (Å²) in [4.78, 5) is 2.81. The molecule has 0 saturated heterocycles. The molecule has 0 fully saturated rings. The molecule has 3 rings (SSSR count). The van der Waals surface area contributed by atoms with Gasteiger partial charge in [-0.15, -0.1) is 0 Å². The predicted molar refractivity (Wildman–Crippen MR) is 120 cm³/mol. The molecule has 0 aliphatic carbocycles. The summed E-state index contributed by atoms with van der Waals surface area (Å²) < 4.78 is 176. The first kappa shape index (κ1) is 31.6. The van der Waals surface area contributed by atoms with Crippen molar-refractivity contribution in [3.8, 4) is 0 Å². The van der Waals surface area contributed by atoms with E-state index in [0.29, 0.717) is 5.56 Å². The monoisotopic (exact) mass is 613 g/mol. The number of nitrogens with one attached hydrogen (secondary N) is 1. The number of aromatic amines is 1. The lowest BCUT2D eigenvalue weighted by Crippen LogP contribution is -2.70. The van der Waals surface area contributed by atoms with Gasteiger partial charge < -0.3 is 0 Å². The lowest BCUT2D eigenvalue weighted by molar-refractivity contribution is -0.711. The van der Waals surface area contributed by atoms with Gasteiger partial charge >= 0.3 is 40.9 Å². The van der Waals surface area contributed by atoms with Gasteiger partial charge in [0, 0.05) is 5.75 Å². The molecule has 0 saturated carbocycles. The summed E-state index contributed by atoms with van der Waals surface area (Å²) in [6.45, 7) is 2.36. The number of hydrogen-bond acceptors (Lipinski definition) is 1. The van der Waals surface area contributed by atoms with Gasteiger partial charge in [0.25, 0.3) is 0 Å². The number of aryl methyl sites for hydroxylation is 1. The number of benzene rings is 2. The minimum atomic E-state index is -7.92. The Balaban J connectivity index is 1.91. The van der Waals surface area contributed by atoms with Crippen LogP contribution in [0.15, 0.2) is 60.3 Å². The van der Waals surface area contributed by atoms with E-state index in [2.05, 4.69) is 11.6 Å². The molecule has 0 amide bonds. The zero-order valence-corrected chi connectivity index (χ0v) is 20.6. The minimum absolute atomic E-state index is 0.0498. The lowest BCUT2D eigenvalue weighted by atomic mass is 9.92. The maximum atomic E-state index is 14.4. The molecule has 220 valence electrons. The minimum Gasteiger partial charge on any atom is -0.231 e. The first-order valence-electron chi connectivity index (χ1n) is 11.0. The molecule has 0 bridgehead atoms. The van der Waals surface area contributed by atoms with Crippen LogP contribution in [-0.2, 0) is 12.3 Å². The molecule has 0 aliphatic heterocycles. The normalized spacial score (nSPS) is 14.1. The number of H-pyrrole nitrogens is 1. The number of fused-ring (bicyclic) bond motifs is 1. The second kappa shape index (κ2) is 10.5. The summed E-state index contributed by atoms with van der Waals surface area (Å²) in [6.07, 6.45) is -8.19. The van der Waals surface area contributed by atoms with Gasteiger partial charge in [-0.3, -0.25) is 0 Å². The average molecular weight is 613 g/mol. The molecule has 1 heterocycles. The molecule has 0 unspecified atom stereocenters. The predicted octanol–water partition coefficient (Wildman–Crippen LogP) is 8.52. The molecule has 0 atom stereocenters. The van der Waals surface area contributed by atoms with E-state index in [4.69, 9.17) is 0 Å². The molecular formula is C24H18F13N2S+. The number of hydrogen-bond donors (Lipinski definition) is 1. The van der Waals surface area contributed by atoms with E-state index in [1.165, 1.54) is 24.3 Å². The van der Waals surface area contributed by atoms with E-state index in [-0.39, 0.29) is 21.9 Å². The molecule has 40 heavy (non-hydrogen) atoms. The van der Waals surface area contributed by atoms with Gasteiger partial charge in [-0.1, -0.05) is 49.1 Å². The molecule has 1 N–H and O–H groups in total. The van der Waals surface area contributed by atoms with Crippen LogP contribution < -0.4 is 4.57 Å². The van der Waals surface area contributed by atoms with E-state index >= 15 is 0 Å². The van der Waals surface area contributed by atoms with Crippen molar-refractivity contribution in [2.24, 2.45) is 0 Å². The molecule has 2 nitrogen and oxygen atoms in total. The van der Waals surface area contributed by atoms with Crippen molar-refractivity contribution in [3.05, 3.63) is 66.2 Å². The Hall–Kier alpha value is -2.91. The van der Waals surface area contributed by atoms with Crippen molar-refractivity contribution >= 4 is 28.9 Å². The van der Waals surface area contributed by atoms with Gasteiger partial charge in [0.05, 0.1) is 13.0 Å². The fraction of sp³-hybridized carbons (Fsp3) is 0.375. The fourth-order valence-electron chi connectivity index (χ4n) is 3.56. The summed E-state index contributed by atoms with van der Waals surface area (Å²) >= 11 is 0.970. The second-order valence-corrected chi connectivity index (χ2v) is 9.55. The highest BCUT2D eigenvalue weighted by molar-refractivity contribution is 7.98. The third kappa shape index (κ3) is 5.26. The Labute approximate surface area is 221 Å². The van der Waals surface area contributed by atoms with Crippen LogP contribution in [0.4, 0.5) is 57.1 Å². The third-order valence-electron chi connectivity index (χ3n) is 5.92. The highest BCUT2D eigenvalue weighted by Crippen LogP contribution is 2.60. The van der Waals surface area contributed by atoms with Crippen LogP contribution in [0.2, 0.25) is 0 Å². The first-order chi connectivity index (χ1) is 18.2. The molecule has 0 radical (unpaired) electrons. The van der Waals surface area contributed by atoms with E-state index in [0.717, 1.165) is 21.9 Å². The van der Waals surface area contributed by atoms with Crippen LogP contribution in [0.25, 0.3) is 17.1 Å². The number of thioether (sulfide) groups is 1. The topological polar surface area (TPSA) is 19.7 Å². The van der Waals surface area contributed by atoms with E-state index < -0.39 is 48.8 Å². The SMILES string of the molecule is C=Cc1ccc(CSc2[nH]c3ccccc3[n+]2CCC(F)(F)C(F)(F)C(F)(F)C(F)(F)C(F)(F)C(F)(F)F)cc1. The van der Waals surface area contributed by atoms with Crippen LogP contribution >= 0.6 is 11.8 Å². The van der Waals surface area contributed by atoms with Gasteiger partial charge in [-0.2, -0.15) is 57.1 Å². The highest BCUT2D eigenvalue weighted by atomic mass is 32.2. The number of nitrogens with zero attached hydrogens (tertiary/aromatic N) is 1. The van der Waals surface area contributed by atoms with Gasteiger partial charge in [0.15, 0.2) is 11.0 Å². The van der Waals surface area contributed by atoms with Gasteiger partial charge in [0.1, 0.15) is 0 Å². The zero-order valence-electron chi connectivity index (χ0n) is 19.8. The summed E-state index contributed by atoms with van der Waals surface area (Å²) in [5.74, 6) is -36.7. The molecule has 2 aromatic carbocycles. The number of imidazole rings is 1. The second-order valence-electron chi connectivity index (χ2n) is 8.58. The molecule has 0 spiro atoms. The lowest BCUT2D eigenvalue weighted by Gasteiger charge is -2.39. The van der Waals surface area contributed by atoms with Crippen LogP contribution in [0, 0.1) is 0 Å². The number of halogens is 13. The Morgan fingerprint density at radius 1 is 0.725 bits per heavy atom. The van der Waals surface area contributed by atoms with Crippen LogP contribution in [0.3, 0.4) is 0 Å². The first-order valence-corrected chi connectivity index (χ1v) is 12.0. The van der Waals surface area contributed by atoms with Crippen LogP contribution in [-0.4, -0.2) is 40.8 Å². The van der Waals surface area contributed by atoms with Crippen molar-refractivity contribution in [1.82, 2.24) is 4.98 Å². The fourth-order valence-corrected chi connectivity index (χ4v) is 4.58. The van der Waals surface area contributed by atoms with Crippen molar-refractivity contribution in [3.63, 3.8) is 0 Å². The maximum Gasteiger partial charge on any atom is 0.460 e. The van der Waals surface area contributed by atoms with E-state index in [1.54, 1.807) is 30.3 Å². The highest BCUT2D eigenvalue weighted by Gasteiger charge is 2.90. The largest absolute Gasteiger partial charge is 0.460 e. The molecule has 3 aromatic rings. The van der Waals surface area contributed by atoms with E-state index in [9.17, 15) is 57.1 Å². The Morgan fingerprint density at radius 2 is 1.27 bits per heavy atom. The van der Waals surface area contributed by atoms with Gasteiger partial charge in [-0.25, -0.2) is 9.55 Å². The summed E-state index contributed by atoms with van der Waals surface area (Å²) in [6, 6.07) is 12.5. The zero-order chi connectivity index (χ0) is 30.4. The number of para-hydroxylation sites is 2. The smallest absolute Gasteiger partial charge is 0.231 e. The van der Waals surface area contributed by atoms with Crippen molar-refractivity contribution < 1.29 is 61.6 Å². The van der Waals surface area contributed by atoms with Crippen LogP contribution in [0.5, 0.6) is 0 Å². The number of aromatic nitrogens is 2. The van der Waals surface area contributed by atoms with Crippen molar-refractivity contribution in [2.75, 3.05) is 0 Å². The Kier molecular flexibility index (Phi) is 8.29. The molecular weight excluding hydrogens is 595 g/mol.